The lowest BCUT2D eigenvalue weighted by Crippen LogP contribution is -2.59. The maximum absolute atomic E-state index is 12.1. The van der Waals surface area contributed by atoms with Crippen molar-refractivity contribution in [2.24, 2.45) is 0 Å². The Morgan fingerprint density at radius 3 is 2.47 bits per heavy atom. The minimum atomic E-state index is -3.79. The van der Waals surface area contributed by atoms with Gasteiger partial charge in [0.05, 0.1) is 0 Å². The van der Waals surface area contributed by atoms with Crippen LogP contribution in [0.2, 0.25) is 0 Å². The van der Waals surface area contributed by atoms with E-state index in [0.29, 0.717) is 6.54 Å². The average Bonchev–Trinajstić information content (AvgIpc) is 2.36. The molecule has 19 heavy (non-hydrogen) atoms. The summed E-state index contributed by atoms with van der Waals surface area (Å²) in [6.07, 6.45) is 1.89. The fraction of sp³-hybridized carbons (Fsp3) is 0.909. The van der Waals surface area contributed by atoms with Gasteiger partial charge in [0.2, 0.25) is 0 Å². The van der Waals surface area contributed by atoms with Crippen molar-refractivity contribution < 1.29 is 23.1 Å². The summed E-state index contributed by atoms with van der Waals surface area (Å²) in [7, 11) is -2.34. The molecule has 1 heterocycles. The van der Waals surface area contributed by atoms with E-state index in [0.717, 1.165) is 17.1 Å². The SMILES string of the molecule is CCCCN(C)S(=O)(=O)NC1(C(=O)O)CCOCC1. The Hall–Kier alpha value is -0.700. The lowest BCUT2D eigenvalue weighted by atomic mass is 9.92. The number of aliphatic carboxylic acids is 1. The molecule has 112 valence electrons. The second kappa shape index (κ2) is 6.65. The molecule has 7 nitrogen and oxygen atoms in total. The van der Waals surface area contributed by atoms with Gasteiger partial charge >= 0.3 is 5.97 Å². The molecular formula is C11H22N2O5S. The van der Waals surface area contributed by atoms with Crippen molar-refractivity contribution in [3.05, 3.63) is 0 Å². The molecular weight excluding hydrogens is 272 g/mol. The van der Waals surface area contributed by atoms with Crippen LogP contribution in [0.25, 0.3) is 0 Å². The summed E-state index contributed by atoms with van der Waals surface area (Å²) in [4.78, 5) is 11.4. The van der Waals surface area contributed by atoms with Crippen molar-refractivity contribution in [1.82, 2.24) is 9.03 Å². The fourth-order valence-corrected chi connectivity index (χ4v) is 3.22. The zero-order chi connectivity index (χ0) is 14.5. The van der Waals surface area contributed by atoms with Crippen LogP contribution in [0.1, 0.15) is 32.6 Å². The van der Waals surface area contributed by atoms with Crippen molar-refractivity contribution in [1.29, 1.82) is 0 Å². The third-order valence-corrected chi connectivity index (χ3v) is 4.97. The highest BCUT2D eigenvalue weighted by molar-refractivity contribution is 7.87. The quantitative estimate of drug-likeness (QED) is 0.698. The Balaban J connectivity index is 2.80. The van der Waals surface area contributed by atoms with Crippen molar-refractivity contribution in [3.8, 4) is 0 Å². The summed E-state index contributed by atoms with van der Waals surface area (Å²) >= 11 is 0. The van der Waals surface area contributed by atoms with Gasteiger partial charge in [0.25, 0.3) is 10.2 Å². The molecule has 0 amide bonds. The smallest absolute Gasteiger partial charge is 0.325 e. The van der Waals surface area contributed by atoms with E-state index in [2.05, 4.69) is 4.72 Å². The summed E-state index contributed by atoms with van der Waals surface area (Å²) in [6.45, 7) is 2.82. The summed E-state index contributed by atoms with van der Waals surface area (Å²) in [6, 6.07) is 0. The van der Waals surface area contributed by atoms with Gasteiger partial charge in [0.1, 0.15) is 5.54 Å². The van der Waals surface area contributed by atoms with Crippen molar-refractivity contribution in [2.45, 2.75) is 38.1 Å². The average molecular weight is 294 g/mol. The van der Waals surface area contributed by atoms with Gasteiger partial charge in [-0.05, 0) is 6.42 Å². The first-order valence-electron chi connectivity index (χ1n) is 6.40. The van der Waals surface area contributed by atoms with Crippen molar-refractivity contribution in [2.75, 3.05) is 26.8 Å². The number of hydrogen-bond donors (Lipinski definition) is 2. The van der Waals surface area contributed by atoms with Gasteiger partial charge in [0.15, 0.2) is 0 Å². The molecule has 0 spiro atoms. The summed E-state index contributed by atoms with van der Waals surface area (Å²) in [5.41, 5.74) is -1.45. The minimum Gasteiger partial charge on any atom is -0.480 e. The lowest BCUT2D eigenvalue weighted by molar-refractivity contribution is -0.148. The van der Waals surface area contributed by atoms with Gasteiger partial charge in [-0.1, -0.05) is 13.3 Å². The second-order valence-electron chi connectivity index (χ2n) is 4.78. The van der Waals surface area contributed by atoms with Crippen LogP contribution < -0.4 is 4.72 Å². The molecule has 0 aliphatic carbocycles. The van der Waals surface area contributed by atoms with E-state index in [1.165, 1.54) is 7.05 Å². The van der Waals surface area contributed by atoms with E-state index in [9.17, 15) is 18.3 Å². The first-order valence-corrected chi connectivity index (χ1v) is 7.84. The summed E-state index contributed by atoms with van der Waals surface area (Å²) in [5.74, 6) is -1.15. The topological polar surface area (TPSA) is 95.9 Å². The molecule has 0 aromatic heterocycles. The Morgan fingerprint density at radius 2 is 2.00 bits per heavy atom. The van der Waals surface area contributed by atoms with E-state index < -0.39 is 21.7 Å². The van der Waals surface area contributed by atoms with Crippen LogP contribution in [0, 0.1) is 0 Å². The molecule has 0 saturated carbocycles. The number of carboxylic acids is 1. The van der Waals surface area contributed by atoms with Crippen LogP contribution in [0.3, 0.4) is 0 Å². The van der Waals surface area contributed by atoms with Crippen LogP contribution in [0.4, 0.5) is 0 Å². The monoisotopic (exact) mass is 294 g/mol. The number of nitrogens with zero attached hydrogens (tertiary/aromatic N) is 1. The number of rotatable bonds is 7. The molecule has 0 atom stereocenters. The highest BCUT2D eigenvalue weighted by Gasteiger charge is 2.44. The number of hydrogen-bond acceptors (Lipinski definition) is 4. The summed E-state index contributed by atoms with van der Waals surface area (Å²) < 4.78 is 32.9. The van der Waals surface area contributed by atoms with Gasteiger partial charge < -0.3 is 9.84 Å². The molecule has 0 unspecified atom stereocenters. The Morgan fingerprint density at radius 1 is 1.42 bits per heavy atom. The third-order valence-electron chi connectivity index (χ3n) is 3.32. The molecule has 1 fully saturated rings. The molecule has 1 aliphatic rings. The number of carboxylic acid groups (broad SMARTS) is 1. The number of nitrogens with one attached hydrogen (secondary N) is 1. The predicted molar refractivity (Wildman–Crippen MR) is 70.0 cm³/mol. The van der Waals surface area contributed by atoms with Gasteiger partial charge in [0, 0.05) is 39.6 Å². The zero-order valence-electron chi connectivity index (χ0n) is 11.4. The third kappa shape index (κ3) is 4.13. The van der Waals surface area contributed by atoms with E-state index >= 15 is 0 Å². The molecule has 2 N–H and O–H groups in total. The molecule has 0 aromatic carbocycles. The van der Waals surface area contributed by atoms with E-state index in [4.69, 9.17) is 4.74 Å². The van der Waals surface area contributed by atoms with E-state index in [1.54, 1.807) is 0 Å². The number of unbranched alkanes of at least 4 members (excludes halogenated alkanes) is 1. The van der Waals surface area contributed by atoms with Crippen LogP contribution >= 0.6 is 0 Å². The first-order chi connectivity index (χ1) is 8.84. The highest BCUT2D eigenvalue weighted by atomic mass is 32.2. The molecule has 1 saturated heterocycles. The fourth-order valence-electron chi connectivity index (χ4n) is 1.91. The molecule has 1 aliphatic heterocycles. The molecule has 8 heteroatoms. The van der Waals surface area contributed by atoms with Crippen LogP contribution in [0.15, 0.2) is 0 Å². The Bertz CT molecular complexity index is 403. The standard InChI is InChI=1S/C11H22N2O5S/c1-3-4-7-13(2)19(16,17)12-11(10(14)15)5-8-18-9-6-11/h12H,3-9H2,1-2H3,(H,14,15). The Kier molecular flexibility index (Phi) is 5.72. The van der Waals surface area contributed by atoms with Crippen LogP contribution in [-0.2, 0) is 19.7 Å². The lowest BCUT2D eigenvalue weighted by Gasteiger charge is -2.34. The molecule has 0 bridgehead atoms. The number of carbonyl (C=O) groups is 1. The normalized spacial score (nSPS) is 19.5. The van der Waals surface area contributed by atoms with E-state index in [-0.39, 0.29) is 26.1 Å². The Labute approximate surface area is 114 Å². The first kappa shape index (κ1) is 16.4. The number of ether oxygens (including phenoxy) is 1. The second-order valence-corrected chi connectivity index (χ2v) is 6.56. The maximum atomic E-state index is 12.1. The molecule has 1 rings (SSSR count). The van der Waals surface area contributed by atoms with Gasteiger partial charge in [-0.15, -0.1) is 0 Å². The maximum Gasteiger partial charge on any atom is 0.325 e. The van der Waals surface area contributed by atoms with Crippen LogP contribution in [-0.4, -0.2) is 56.1 Å². The predicted octanol–water partition coefficient (Wildman–Crippen LogP) is 0.187. The molecule has 0 radical (unpaired) electrons. The van der Waals surface area contributed by atoms with E-state index in [1.807, 2.05) is 6.92 Å². The highest BCUT2D eigenvalue weighted by Crippen LogP contribution is 2.22. The van der Waals surface area contributed by atoms with Gasteiger partial charge in [-0.25, -0.2) is 0 Å². The largest absolute Gasteiger partial charge is 0.480 e. The van der Waals surface area contributed by atoms with Crippen molar-refractivity contribution in [3.63, 3.8) is 0 Å². The van der Waals surface area contributed by atoms with Gasteiger partial charge in [-0.3, -0.25) is 4.79 Å². The van der Waals surface area contributed by atoms with Gasteiger partial charge in [-0.2, -0.15) is 17.4 Å². The minimum absolute atomic E-state index is 0.142. The zero-order valence-corrected chi connectivity index (χ0v) is 12.2. The van der Waals surface area contributed by atoms with Crippen LogP contribution in [0.5, 0.6) is 0 Å². The summed E-state index contributed by atoms with van der Waals surface area (Å²) in [5, 5.41) is 9.31. The van der Waals surface area contributed by atoms with Crippen molar-refractivity contribution >= 4 is 16.2 Å². The molecule has 0 aromatic rings.